The number of nitrogens with one attached hydrogen (secondary N) is 1. The van der Waals surface area contributed by atoms with Gasteiger partial charge in [0.25, 0.3) is 0 Å². The van der Waals surface area contributed by atoms with Gasteiger partial charge in [0.05, 0.1) is 6.61 Å². The van der Waals surface area contributed by atoms with Crippen LogP contribution in [0.3, 0.4) is 0 Å². The minimum absolute atomic E-state index is 0.274. The van der Waals surface area contributed by atoms with Gasteiger partial charge in [-0.1, -0.05) is 6.42 Å². The van der Waals surface area contributed by atoms with E-state index in [1.165, 1.54) is 25.8 Å². The van der Waals surface area contributed by atoms with E-state index in [2.05, 4.69) is 17.3 Å². The second-order valence-electron chi connectivity index (χ2n) is 4.05. The fraction of sp³-hybridized carbons (Fsp3) is 1.00. The number of aliphatic hydroxyl groups excluding tert-OH is 1. The van der Waals surface area contributed by atoms with Gasteiger partial charge >= 0.3 is 0 Å². The van der Waals surface area contributed by atoms with Crippen LogP contribution in [0.4, 0.5) is 0 Å². The molecule has 1 unspecified atom stereocenters. The molecule has 1 aliphatic heterocycles. The van der Waals surface area contributed by atoms with Crippen molar-refractivity contribution in [1.82, 2.24) is 10.2 Å². The first-order valence-corrected chi connectivity index (χ1v) is 5.33. The quantitative estimate of drug-likeness (QED) is 0.663. The molecular weight excluding hydrogens is 164 g/mol. The molecular formula is C10H22N2O. The average molecular weight is 186 g/mol. The van der Waals surface area contributed by atoms with Crippen molar-refractivity contribution in [3.8, 4) is 0 Å². The third-order valence-electron chi connectivity index (χ3n) is 2.70. The normalized spacial score (nSPS) is 24.7. The van der Waals surface area contributed by atoms with Gasteiger partial charge in [0.15, 0.2) is 0 Å². The molecule has 13 heavy (non-hydrogen) atoms. The first-order chi connectivity index (χ1) is 6.33. The van der Waals surface area contributed by atoms with Crippen LogP contribution < -0.4 is 5.32 Å². The fourth-order valence-electron chi connectivity index (χ4n) is 1.95. The summed E-state index contributed by atoms with van der Waals surface area (Å²) in [6, 6.07) is 0. The van der Waals surface area contributed by atoms with Crippen LogP contribution in [0.1, 0.15) is 19.3 Å². The van der Waals surface area contributed by atoms with E-state index >= 15 is 0 Å². The highest BCUT2D eigenvalue weighted by atomic mass is 16.3. The average Bonchev–Trinajstić information content (AvgIpc) is 2.33. The Kier molecular flexibility index (Phi) is 5.35. The topological polar surface area (TPSA) is 35.5 Å². The fourth-order valence-corrected chi connectivity index (χ4v) is 1.95. The summed E-state index contributed by atoms with van der Waals surface area (Å²) in [7, 11) is 2.08. The Morgan fingerprint density at radius 1 is 1.46 bits per heavy atom. The lowest BCUT2D eigenvalue weighted by molar-refractivity contribution is 0.199. The molecule has 0 aliphatic carbocycles. The summed E-state index contributed by atoms with van der Waals surface area (Å²) in [5, 5.41) is 12.2. The van der Waals surface area contributed by atoms with E-state index in [-0.39, 0.29) is 6.61 Å². The molecule has 1 rings (SSSR count). The van der Waals surface area contributed by atoms with E-state index in [1.54, 1.807) is 0 Å². The lowest BCUT2D eigenvalue weighted by Crippen LogP contribution is -2.32. The van der Waals surface area contributed by atoms with E-state index < -0.39 is 0 Å². The first kappa shape index (κ1) is 11.0. The van der Waals surface area contributed by atoms with Gasteiger partial charge in [0.2, 0.25) is 0 Å². The molecule has 1 heterocycles. The van der Waals surface area contributed by atoms with E-state index in [1.807, 2.05) is 0 Å². The Morgan fingerprint density at radius 3 is 3.08 bits per heavy atom. The maximum Gasteiger partial charge on any atom is 0.0558 e. The van der Waals surface area contributed by atoms with Crippen molar-refractivity contribution in [1.29, 1.82) is 0 Å². The molecule has 0 aromatic carbocycles. The van der Waals surface area contributed by atoms with Gasteiger partial charge in [-0.3, -0.25) is 0 Å². The van der Waals surface area contributed by atoms with Crippen LogP contribution in [0.5, 0.6) is 0 Å². The van der Waals surface area contributed by atoms with Crippen molar-refractivity contribution in [3.63, 3.8) is 0 Å². The number of likely N-dealkylation sites (N-methyl/N-ethyl adjacent to an activating group) is 1. The molecule has 0 bridgehead atoms. The number of hydrogen-bond donors (Lipinski definition) is 2. The summed E-state index contributed by atoms with van der Waals surface area (Å²) in [5.74, 6) is 0.777. The van der Waals surface area contributed by atoms with Gasteiger partial charge < -0.3 is 15.3 Å². The van der Waals surface area contributed by atoms with Gasteiger partial charge in [0.1, 0.15) is 0 Å². The van der Waals surface area contributed by atoms with Crippen molar-refractivity contribution in [2.45, 2.75) is 19.3 Å². The predicted molar refractivity (Wildman–Crippen MR) is 54.8 cm³/mol. The van der Waals surface area contributed by atoms with Crippen LogP contribution in [0.25, 0.3) is 0 Å². The second-order valence-corrected chi connectivity index (χ2v) is 4.05. The summed E-state index contributed by atoms with van der Waals surface area (Å²) >= 11 is 0. The largest absolute Gasteiger partial charge is 0.395 e. The molecule has 0 radical (unpaired) electrons. The molecule has 1 atom stereocenters. The predicted octanol–water partition coefficient (Wildman–Crippen LogP) is 0.300. The molecule has 1 saturated heterocycles. The number of rotatable bonds is 4. The molecule has 1 aliphatic rings. The van der Waals surface area contributed by atoms with Crippen LogP contribution in [-0.2, 0) is 0 Å². The summed E-state index contributed by atoms with van der Waals surface area (Å²) in [5.41, 5.74) is 0. The monoisotopic (exact) mass is 186 g/mol. The molecule has 0 aromatic rings. The SMILES string of the molecule is CN(CCO)CC1CCCCNC1. The summed E-state index contributed by atoms with van der Waals surface area (Å²) in [6.07, 6.45) is 4.01. The van der Waals surface area contributed by atoms with E-state index in [4.69, 9.17) is 5.11 Å². The van der Waals surface area contributed by atoms with E-state index in [0.29, 0.717) is 0 Å². The third-order valence-corrected chi connectivity index (χ3v) is 2.70. The van der Waals surface area contributed by atoms with Gasteiger partial charge in [0, 0.05) is 13.1 Å². The van der Waals surface area contributed by atoms with Crippen molar-refractivity contribution in [2.75, 3.05) is 39.8 Å². The van der Waals surface area contributed by atoms with Crippen molar-refractivity contribution < 1.29 is 5.11 Å². The van der Waals surface area contributed by atoms with Crippen LogP contribution >= 0.6 is 0 Å². The molecule has 1 fully saturated rings. The molecule has 0 aromatic heterocycles. The van der Waals surface area contributed by atoms with Crippen molar-refractivity contribution >= 4 is 0 Å². The van der Waals surface area contributed by atoms with Crippen LogP contribution in [0.2, 0.25) is 0 Å². The zero-order valence-electron chi connectivity index (χ0n) is 8.63. The zero-order chi connectivity index (χ0) is 9.52. The lowest BCUT2D eigenvalue weighted by Gasteiger charge is -2.22. The van der Waals surface area contributed by atoms with Crippen molar-refractivity contribution in [3.05, 3.63) is 0 Å². The summed E-state index contributed by atoms with van der Waals surface area (Å²) in [4.78, 5) is 2.22. The van der Waals surface area contributed by atoms with Crippen LogP contribution in [0.15, 0.2) is 0 Å². The molecule has 0 amide bonds. The van der Waals surface area contributed by atoms with Gasteiger partial charge in [-0.15, -0.1) is 0 Å². The Labute approximate surface area is 81.1 Å². The summed E-state index contributed by atoms with van der Waals surface area (Å²) in [6.45, 7) is 4.52. The molecule has 2 N–H and O–H groups in total. The third kappa shape index (κ3) is 4.60. The van der Waals surface area contributed by atoms with Crippen LogP contribution in [-0.4, -0.2) is 49.8 Å². The molecule has 3 heteroatoms. The Hall–Kier alpha value is -0.120. The Bertz CT molecular complexity index is 122. The Balaban J connectivity index is 2.17. The number of aliphatic hydroxyl groups is 1. The van der Waals surface area contributed by atoms with Gasteiger partial charge in [-0.25, -0.2) is 0 Å². The minimum Gasteiger partial charge on any atom is -0.395 e. The smallest absolute Gasteiger partial charge is 0.0558 e. The van der Waals surface area contributed by atoms with E-state index in [0.717, 1.165) is 25.6 Å². The number of hydrogen-bond acceptors (Lipinski definition) is 3. The molecule has 78 valence electrons. The summed E-state index contributed by atoms with van der Waals surface area (Å²) < 4.78 is 0. The first-order valence-electron chi connectivity index (χ1n) is 5.33. The van der Waals surface area contributed by atoms with Gasteiger partial charge in [-0.05, 0) is 38.9 Å². The zero-order valence-corrected chi connectivity index (χ0v) is 8.63. The minimum atomic E-state index is 0.274. The standard InChI is InChI=1S/C10H22N2O/c1-12(6-7-13)9-10-4-2-3-5-11-8-10/h10-11,13H,2-9H2,1H3. The highest BCUT2D eigenvalue weighted by molar-refractivity contribution is 4.70. The second kappa shape index (κ2) is 6.35. The van der Waals surface area contributed by atoms with Gasteiger partial charge in [-0.2, -0.15) is 0 Å². The highest BCUT2D eigenvalue weighted by Crippen LogP contribution is 2.11. The Morgan fingerprint density at radius 2 is 2.31 bits per heavy atom. The molecule has 0 spiro atoms. The molecule has 0 saturated carbocycles. The van der Waals surface area contributed by atoms with E-state index in [9.17, 15) is 0 Å². The van der Waals surface area contributed by atoms with Crippen LogP contribution in [0, 0.1) is 5.92 Å². The lowest BCUT2D eigenvalue weighted by atomic mass is 10.0. The highest BCUT2D eigenvalue weighted by Gasteiger charge is 2.13. The molecule has 3 nitrogen and oxygen atoms in total. The number of nitrogens with zero attached hydrogens (tertiary/aromatic N) is 1. The maximum absolute atomic E-state index is 8.76. The van der Waals surface area contributed by atoms with Crippen molar-refractivity contribution in [2.24, 2.45) is 5.92 Å². The maximum atomic E-state index is 8.76.